The molecular weight excluding hydrogens is 266 g/mol. The molecule has 7 nitrogen and oxygen atoms in total. The smallest absolute Gasteiger partial charge is 0.279 e. The van der Waals surface area contributed by atoms with E-state index in [2.05, 4.69) is 14.9 Å². The number of hydrogen-bond acceptors (Lipinski definition) is 4. The first-order chi connectivity index (χ1) is 9.13. The number of aryl methyl sites for hydroxylation is 1. The van der Waals surface area contributed by atoms with Crippen LogP contribution < -0.4 is 4.72 Å². The fraction of sp³-hybridized carbons (Fsp3) is 0.818. The van der Waals surface area contributed by atoms with Gasteiger partial charge in [0.1, 0.15) is 12.2 Å². The van der Waals surface area contributed by atoms with Gasteiger partial charge >= 0.3 is 0 Å². The molecule has 0 spiro atoms. The maximum Gasteiger partial charge on any atom is 0.279 e. The molecule has 19 heavy (non-hydrogen) atoms. The fourth-order valence-electron chi connectivity index (χ4n) is 2.23. The van der Waals surface area contributed by atoms with Gasteiger partial charge in [-0.05, 0) is 19.8 Å². The van der Waals surface area contributed by atoms with E-state index in [9.17, 15) is 8.42 Å². The highest BCUT2D eigenvalue weighted by Gasteiger charge is 2.23. The number of piperidine rings is 1. The highest BCUT2D eigenvalue weighted by molar-refractivity contribution is 7.87. The van der Waals surface area contributed by atoms with E-state index in [0.29, 0.717) is 26.1 Å². The monoisotopic (exact) mass is 287 g/mol. The van der Waals surface area contributed by atoms with Gasteiger partial charge < -0.3 is 4.57 Å². The molecule has 1 saturated heterocycles. The molecule has 1 aliphatic heterocycles. The summed E-state index contributed by atoms with van der Waals surface area (Å²) >= 11 is 0. The minimum Gasteiger partial charge on any atom is -0.318 e. The molecule has 0 atom stereocenters. The average Bonchev–Trinajstić information content (AvgIpc) is 2.87. The van der Waals surface area contributed by atoms with Crippen LogP contribution in [0.15, 0.2) is 6.33 Å². The van der Waals surface area contributed by atoms with E-state index in [4.69, 9.17) is 0 Å². The highest BCUT2D eigenvalue weighted by Crippen LogP contribution is 2.11. The molecule has 2 rings (SSSR count). The quantitative estimate of drug-likeness (QED) is 0.808. The first-order valence-corrected chi connectivity index (χ1v) is 8.19. The van der Waals surface area contributed by atoms with Crippen molar-refractivity contribution in [1.29, 1.82) is 0 Å². The first kappa shape index (κ1) is 14.4. The lowest BCUT2D eigenvalue weighted by Gasteiger charge is -2.25. The van der Waals surface area contributed by atoms with Crippen molar-refractivity contribution >= 4 is 10.2 Å². The van der Waals surface area contributed by atoms with E-state index in [1.54, 1.807) is 6.33 Å². The molecule has 8 heteroatoms. The number of hydrogen-bond donors (Lipinski definition) is 1. The van der Waals surface area contributed by atoms with Gasteiger partial charge in [-0.3, -0.25) is 0 Å². The summed E-state index contributed by atoms with van der Waals surface area (Å²) in [5, 5.41) is 7.81. The lowest BCUT2D eigenvalue weighted by Crippen LogP contribution is -2.44. The van der Waals surface area contributed by atoms with Crippen LogP contribution in [0, 0.1) is 0 Å². The molecule has 0 radical (unpaired) electrons. The zero-order valence-electron chi connectivity index (χ0n) is 11.2. The molecule has 0 aromatic carbocycles. The van der Waals surface area contributed by atoms with Crippen molar-refractivity contribution in [3.63, 3.8) is 0 Å². The third kappa shape index (κ3) is 3.74. The Morgan fingerprint density at radius 3 is 2.74 bits per heavy atom. The van der Waals surface area contributed by atoms with Gasteiger partial charge in [-0.2, -0.15) is 12.7 Å². The van der Waals surface area contributed by atoms with Crippen molar-refractivity contribution in [3.8, 4) is 0 Å². The van der Waals surface area contributed by atoms with Crippen LogP contribution in [0.5, 0.6) is 0 Å². The lowest BCUT2D eigenvalue weighted by molar-refractivity contribution is 0.342. The van der Waals surface area contributed by atoms with Gasteiger partial charge in [0.05, 0.1) is 0 Å². The second kappa shape index (κ2) is 6.44. The summed E-state index contributed by atoms with van der Waals surface area (Å²) in [4.78, 5) is 0. The molecule has 1 aliphatic rings. The molecule has 0 amide bonds. The maximum atomic E-state index is 12.0. The van der Waals surface area contributed by atoms with Gasteiger partial charge in [0.25, 0.3) is 10.2 Å². The van der Waals surface area contributed by atoms with Crippen LogP contribution in [-0.2, 0) is 23.2 Å². The second-order valence-electron chi connectivity index (χ2n) is 4.64. The summed E-state index contributed by atoms with van der Waals surface area (Å²) in [7, 11) is -3.33. The zero-order valence-corrected chi connectivity index (χ0v) is 12.1. The Hall–Kier alpha value is -0.990. The van der Waals surface area contributed by atoms with E-state index in [-0.39, 0.29) is 0 Å². The third-order valence-corrected chi connectivity index (χ3v) is 4.94. The summed E-state index contributed by atoms with van der Waals surface area (Å²) in [5.74, 6) is 0.809. The van der Waals surface area contributed by atoms with E-state index < -0.39 is 10.2 Å². The molecule has 0 bridgehead atoms. The largest absolute Gasteiger partial charge is 0.318 e. The molecule has 0 saturated carbocycles. The Morgan fingerprint density at radius 2 is 2.05 bits per heavy atom. The number of nitrogens with zero attached hydrogens (tertiary/aromatic N) is 4. The Balaban J connectivity index is 1.84. The van der Waals surface area contributed by atoms with Crippen molar-refractivity contribution < 1.29 is 8.42 Å². The molecule has 1 aromatic heterocycles. The Bertz CT molecular complexity index is 493. The van der Waals surface area contributed by atoms with Crippen molar-refractivity contribution in [2.75, 3.05) is 19.6 Å². The summed E-state index contributed by atoms with van der Waals surface area (Å²) in [5.41, 5.74) is 0. The van der Waals surface area contributed by atoms with Crippen LogP contribution in [0.1, 0.15) is 32.0 Å². The molecule has 1 fully saturated rings. The second-order valence-corrected chi connectivity index (χ2v) is 6.40. The van der Waals surface area contributed by atoms with Gasteiger partial charge in [0, 0.05) is 32.6 Å². The topological polar surface area (TPSA) is 80.1 Å². The van der Waals surface area contributed by atoms with Crippen molar-refractivity contribution in [2.45, 2.75) is 39.2 Å². The SMILES string of the molecule is CCn1cnnc1CCNS(=O)(=O)N1CCCCC1. The van der Waals surface area contributed by atoms with E-state index in [0.717, 1.165) is 31.6 Å². The van der Waals surface area contributed by atoms with Crippen LogP contribution in [0.25, 0.3) is 0 Å². The summed E-state index contributed by atoms with van der Waals surface area (Å²) < 4.78 is 30.2. The minimum absolute atomic E-state index is 0.359. The number of nitrogens with one attached hydrogen (secondary N) is 1. The van der Waals surface area contributed by atoms with Crippen LogP contribution in [0.2, 0.25) is 0 Å². The summed E-state index contributed by atoms with van der Waals surface area (Å²) in [6.07, 6.45) is 5.23. The Labute approximate surface area is 114 Å². The molecule has 1 N–H and O–H groups in total. The van der Waals surface area contributed by atoms with Crippen molar-refractivity contribution in [1.82, 2.24) is 23.8 Å². The van der Waals surface area contributed by atoms with E-state index in [1.807, 2.05) is 11.5 Å². The number of aromatic nitrogens is 3. The zero-order chi connectivity index (χ0) is 13.7. The van der Waals surface area contributed by atoms with Crippen LogP contribution in [-0.4, -0.2) is 47.1 Å². The van der Waals surface area contributed by atoms with Gasteiger partial charge in [-0.1, -0.05) is 6.42 Å². The Morgan fingerprint density at radius 1 is 1.32 bits per heavy atom. The highest BCUT2D eigenvalue weighted by atomic mass is 32.2. The lowest BCUT2D eigenvalue weighted by atomic mass is 10.2. The summed E-state index contributed by atoms with van der Waals surface area (Å²) in [6.45, 7) is 4.41. The molecule has 0 unspecified atom stereocenters. The summed E-state index contributed by atoms with van der Waals surface area (Å²) in [6, 6.07) is 0. The molecule has 2 heterocycles. The third-order valence-electron chi connectivity index (χ3n) is 3.32. The number of rotatable bonds is 6. The average molecular weight is 287 g/mol. The minimum atomic E-state index is -3.33. The maximum absolute atomic E-state index is 12.0. The van der Waals surface area contributed by atoms with Gasteiger partial charge in [-0.25, -0.2) is 4.72 Å². The normalized spacial score (nSPS) is 17.7. The molecule has 0 aliphatic carbocycles. The van der Waals surface area contributed by atoms with Crippen LogP contribution >= 0.6 is 0 Å². The van der Waals surface area contributed by atoms with Gasteiger partial charge in [0.15, 0.2) is 0 Å². The standard InChI is InChI=1S/C11H21N5O2S/c1-2-15-10-12-14-11(15)6-7-13-19(17,18)16-8-4-3-5-9-16/h10,13H,2-9H2,1H3. The van der Waals surface area contributed by atoms with Crippen LogP contribution in [0.4, 0.5) is 0 Å². The van der Waals surface area contributed by atoms with E-state index in [1.165, 1.54) is 4.31 Å². The van der Waals surface area contributed by atoms with Crippen LogP contribution in [0.3, 0.4) is 0 Å². The Kier molecular flexibility index (Phi) is 4.89. The predicted molar refractivity (Wildman–Crippen MR) is 71.7 cm³/mol. The first-order valence-electron chi connectivity index (χ1n) is 6.75. The van der Waals surface area contributed by atoms with Gasteiger partial charge in [0.2, 0.25) is 0 Å². The van der Waals surface area contributed by atoms with Crippen molar-refractivity contribution in [2.24, 2.45) is 0 Å². The molecular formula is C11H21N5O2S. The van der Waals surface area contributed by atoms with Gasteiger partial charge in [-0.15, -0.1) is 10.2 Å². The fourth-order valence-corrected chi connectivity index (χ4v) is 3.51. The van der Waals surface area contributed by atoms with Crippen molar-refractivity contribution in [3.05, 3.63) is 12.2 Å². The molecule has 1 aromatic rings. The predicted octanol–water partition coefficient (Wildman–Crippen LogP) is 0.161. The van der Waals surface area contributed by atoms with E-state index >= 15 is 0 Å². The molecule has 108 valence electrons.